The van der Waals surface area contributed by atoms with Crippen LogP contribution < -0.4 is 16.0 Å². The van der Waals surface area contributed by atoms with Crippen molar-refractivity contribution in [1.82, 2.24) is 26.1 Å². The van der Waals surface area contributed by atoms with Gasteiger partial charge in [-0.05, 0) is 50.7 Å². The van der Waals surface area contributed by atoms with Gasteiger partial charge in [-0.15, -0.1) is 10.2 Å². The average Bonchev–Trinajstić information content (AvgIpc) is 3.38. The zero-order valence-electron chi connectivity index (χ0n) is 20.1. The Bertz CT molecular complexity index is 992. The molecule has 2 heterocycles. The van der Waals surface area contributed by atoms with Gasteiger partial charge < -0.3 is 15.1 Å². The van der Waals surface area contributed by atoms with Crippen LogP contribution in [0, 0.1) is 5.92 Å². The van der Waals surface area contributed by atoms with Gasteiger partial charge in [-0.2, -0.15) is 11.8 Å². The van der Waals surface area contributed by atoms with Crippen molar-refractivity contribution in [2.45, 2.75) is 82.0 Å². The Balaban J connectivity index is 0.982. The maximum Gasteiger partial charge on any atom is 0.247 e. The van der Waals surface area contributed by atoms with Gasteiger partial charge >= 0.3 is 0 Å². The molecular formula is C26H35N5O3S. The number of hydrogen-bond acceptors (Lipinski definition) is 7. The lowest BCUT2D eigenvalue weighted by atomic mass is 9.82. The Morgan fingerprint density at radius 3 is 2.69 bits per heavy atom. The van der Waals surface area contributed by atoms with E-state index in [1.165, 1.54) is 6.42 Å². The van der Waals surface area contributed by atoms with E-state index in [1.54, 1.807) is 11.8 Å². The molecule has 3 unspecified atom stereocenters. The number of nitrogens with zero attached hydrogens (tertiary/aromatic N) is 2. The van der Waals surface area contributed by atoms with Crippen LogP contribution >= 0.6 is 11.8 Å². The molecule has 5 rings (SSSR count). The minimum absolute atomic E-state index is 0.0114. The van der Waals surface area contributed by atoms with Crippen molar-refractivity contribution in [2.24, 2.45) is 5.92 Å². The summed E-state index contributed by atoms with van der Waals surface area (Å²) in [7, 11) is 0. The van der Waals surface area contributed by atoms with E-state index in [9.17, 15) is 9.59 Å². The van der Waals surface area contributed by atoms with Crippen molar-refractivity contribution >= 4 is 23.6 Å². The Kier molecular flexibility index (Phi) is 8.03. The highest BCUT2D eigenvalue weighted by atomic mass is 32.2. The summed E-state index contributed by atoms with van der Waals surface area (Å²) < 4.78 is 5.93. The first kappa shape index (κ1) is 24.3. The van der Waals surface area contributed by atoms with Crippen molar-refractivity contribution in [3.8, 4) is 11.5 Å². The summed E-state index contributed by atoms with van der Waals surface area (Å²) in [6.45, 7) is 0. The molecule has 3 N–H and O–H groups in total. The number of carbonyl (C=O) groups excluding carboxylic acids is 2. The summed E-state index contributed by atoms with van der Waals surface area (Å²) in [5, 5.41) is 18.4. The molecule has 1 aliphatic heterocycles. The van der Waals surface area contributed by atoms with Crippen LogP contribution in [0.3, 0.4) is 0 Å². The van der Waals surface area contributed by atoms with Gasteiger partial charge in [0.05, 0.1) is 12.1 Å². The van der Waals surface area contributed by atoms with Crippen molar-refractivity contribution in [2.75, 3.05) is 11.5 Å². The highest BCUT2D eigenvalue weighted by molar-refractivity contribution is 7.99. The largest absolute Gasteiger partial charge is 0.420 e. The zero-order chi connectivity index (χ0) is 24.0. The van der Waals surface area contributed by atoms with Gasteiger partial charge in [0.2, 0.25) is 23.6 Å². The Morgan fingerprint density at radius 1 is 1.06 bits per heavy atom. The van der Waals surface area contributed by atoms with Gasteiger partial charge in [0.25, 0.3) is 0 Å². The average molecular weight is 498 g/mol. The first-order chi connectivity index (χ1) is 17.2. The predicted molar refractivity (Wildman–Crippen MR) is 136 cm³/mol. The number of fused-ring (bicyclic) bond motifs is 1. The van der Waals surface area contributed by atoms with Gasteiger partial charge in [-0.1, -0.05) is 31.0 Å². The first-order valence-electron chi connectivity index (χ1n) is 13.0. The molecule has 3 atom stereocenters. The summed E-state index contributed by atoms with van der Waals surface area (Å²) in [6, 6.07) is 10.4. The van der Waals surface area contributed by atoms with E-state index in [2.05, 4.69) is 26.1 Å². The van der Waals surface area contributed by atoms with E-state index in [4.69, 9.17) is 4.42 Å². The summed E-state index contributed by atoms with van der Waals surface area (Å²) >= 11 is 1.72. The van der Waals surface area contributed by atoms with Crippen LogP contribution in [0.5, 0.6) is 0 Å². The molecule has 2 aliphatic carbocycles. The lowest BCUT2D eigenvalue weighted by Gasteiger charge is -2.40. The monoisotopic (exact) mass is 497 g/mol. The number of carbonyl (C=O) groups is 2. The number of nitrogens with one attached hydrogen (secondary N) is 3. The Morgan fingerprint density at radius 2 is 1.86 bits per heavy atom. The summed E-state index contributed by atoms with van der Waals surface area (Å²) in [4.78, 5) is 24.8. The molecule has 0 radical (unpaired) electrons. The summed E-state index contributed by atoms with van der Waals surface area (Å²) in [5.74, 6) is 3.52. The molecular weight excluding hydrogens is 462 g/mol. The van der Waals surface area contributed by atoms with Crippen molar-refractivity contribution in [3.63, 3.8) is 0 Å². The Labute approximate surface area is 210 Å². The quantitative estimate of drug-likeness (QED) is 0.478. The number of thioether (sulfide) groups is 1. The molecule has 3 aliphatic rings. The fraction of sp³-hybridized carbons (Fsp3) is 0.615. The molecule has 188 valence electrons. The van der Waals surface area contributed by atoms with Gasteiger partial charge in [-0.25, -0.2) is 0 Å². The third-order valence-corrected chi connectivity index (χ3v) is 8.56. The number of hydrogen-bond donors (Lipinski definition) is 3. The van der Waals surface area contributed by atoms with E-state index in [0.29, 0.717) is 24.2 Å². The first-order valence-corrected chi connectivity index (χ1v) is 14.1. The minimum Gasteiger partial charge on any atom is -0.420 e. The molecule has 3 fully saturated rings. The molecule has 1 aromatic heterocycles. The van der Waals surface area contributed by atoms with Crippen LogP contribution in [0.25, 0.3) is 11.5 Å². The second-order valence-electron chi connectivity index (χ2n) is 9.98. The van der Waals surface area contributed by atoms with E-state index in [0.717, 1.165) is 62.0 Å². The van der Waals surface area contributed by atoms with Crippen molar-refractivity contribution in [1.29, 1.82) is 0 Å². The van der Waals surface area contributed by atoms with Gasteiger partial charge in [0.1, 0.15) is 0 Å². The predicted octanol–water partition coefficient (Wildman–Crippen LogP) is 3.61. The van der Waals surface area contributed by atoms with Gasteiger partial charge in [-0.3, -0.25) is 14.9 Å². The molecule has 0 spiro atoms. The molecule has 0 bridgehead atoms. The van der Waals surface area contributed by atoms with Crippen LogP contribution in [0.4, 0.5) is 0 Å². The smallest absolute Gasteiger partial charge is 0.247 e. The topological polar surface area (TPSA) is 109 Å². The minimum atomic E-state index is 0.0114. The Hall–Kier alpha value is -2.39. The van der Waals surface area contributed by atoms with E-state index < -0.39 is 0 Å². The third kappa shape index (κ3) is 6.25. The van der Waals surface area contributed by atoms with Crippen LogP contribution in [0.15, 0.2) is 34.7 Å². The molecule has 8 nitrogen and oxygen atoms in total. The molecule has 2 amide bonds. The third-order valence-electron chi connectivity index (χ3n) is 7.50. The lowest BCUT2D eigenvalue weighted by Crippen LogP contribution is -2.62. The van der Waals surface area contributed by atoms with Crippen LogP contribution in [0.2, 0.25) is 0 Å². The normalized spacial score (nSPS) is 28.7. The van der Waals surface area contributed by atoms with E-state index in [1.807, 2.05) is 30.3 Å². The van der Waals surface area contributed by atoms with E-state index >= 15 is 0 Å². The van der Waals surface area contributed by atoms with E-state index in [-0.39, 0.29) is 35.9 Å². The van der Waals surface area contributed by atoms with Crippen molar-refractivity contribution in [3.05, 3.63) is 36.2 Å². The van der Waals surface area contributed by atoms with Gasteiger partial charge in [0.15, 0.2) is 0 Å². The van der Waals surface area contributed by atoms with Crippen LogP contribution in [-0.2, 0) is 9.59 Å². The standard InChI is InChI=1S/C26H35N5O3S/c32-23(14-15-35-16-22-28-21-9-5-4-8-20(21)24(33)29-22)27-19-12-10-18(11-13-19)26-31-30-25(34-26)17-6-2-1-3-7-17/h1-3,6-7,18-22,28H,4-5,8-16H2,(H,27,32)(H,29,33). The second kappa shape index (κ2) is 11.6. The molecule has 1 saturated heterocycles. The highest BCUT2D eigenvalue weighted by Crippen LogP contribution is 2.33. The maximum atomic E-state index is 12.5. The number of benzene rings is 1. The molecule has 2 aromatic rings. The maximum absolute atomic E-state index is 12.5. The lowest BCUT2D eigenvalue weighted by molar-refractivity contribution is -0.130. The SMILES string of the molecule is O=C(CCSCC1NC(=O)C2CCCCC2N1)NC1CCC(c2nnc(-c3ccccc3)o2)CC1. The fourth-order valence-electron chi connectivity index (χ4n) is 5.56. The highest BCUT2D eigenvalue weighted by Gasteiger charge is 2.37. The molecule has 35 heavy (non-hydrogen) atoms. The number of aromatic nitrogens is 2. The molecule has 9 heteroatoms. The van der Waals surface area contributed by atoms with Crippen molar-refractivity contribution < 1.29 is 14.0 Å². The molecule has 2 saturated carbocycles. The summed E-state index contributed by atoms with van der Waals surface area (Å²) in [5.41, 5.74) is 0.935. The molecule has 1 aromatic carbocycles. The van der Waals surface area contributed by atoms with Crippen LogP contribution in [-0.4, -0.2) is 51.8 Å². The number of rotatable bonds is 8. The fourth-order valence-corrected chi connectivity index (χ4v) is 6.47. The van der Waals surface area contributed by atoms with Crippen LogP contribution in [0.1, 0.15) is 69.6 Å². The van der Waals surface area contributed by atoms with Gasteiger partial charge in [0, 0.05) is 41.5 Å². The summed E-state index contributed by atoms with van der Waals surface area (Å²) in [6.07, 6.45) is 8.67. The zero-order valence-corrected chi connectivity index (χ0v) is 20.9. The second-order valence-corrected chi connectivity index (χ2v) is 11.1. The number of amides is 2.